The molecular weight excluding hydrogens is 193 g/mol. The third-order valence-corrected chi connectivity index (χ3v) is 3.21. The van der Waals surface area contributed by atoms with Gasteiger partial charge in [0.15, 0.2) is 0 Å². The highest BCUT2D eigenvalue weighted by molar-refractivity contribution is 5.93. The molecule has 0 aliphatic heterocycles. The van der Waals surface area contributed by atoms with Crippen LogP contribution < -0.4 is 5.73 Å². The molecule has 0 fully saturated rings. The zero-order valence-corrected chi connectivity index (χ0v) is 8.93. The van der Waals surface area contributed by atoms with Crippen LogP contribution in [0.1, 0.15) is 41.8 Å². The number of hydrogen-bond acceptors (Lipinski definition) is 1. The topological polar surface area (TPSA) is 43.1 Å². The highest BCUT2D eigenvalue weighted by atomic mass is 19.1. The molecule has 0 saturated carbocycles. The number of primary amides is 1. The van der Waals surface area contributed by atoms with Crippen molar-refractivity contribution >= 4 is 5.91 Å². The van der Waals surface area contributed by atoms with Gasteiger partial charge in [0.05, 0.1) is 5.56 Å². The average molecular weight is 207 g/mol. The van der Waals surface area contributed by atoms with Gasteiger partial charge in [-0.3, -0.25) is 4.79 Å². The Labute approximate surface area is 88.3 Å². The standard InChI is InChI=1S/C12H14FNO/c1-12(2)4-3-7-5-8(11(14)15)10(13)6-9(7)12/h5-6H,3-4H2,1-2H3,(H2,14,15). The number of nitrogens with two attached hydrogens (primary N) is 1. The van der Waals surface area contributed by atoms with Crippen molar-refractivity contribution in [3.63, 3.8) is 0 Å². The van der Waals surface area contributed by atoms with Crippen LogP contribution in [0, 0.1) is 5.82 Å². The first-order chi connectivity index (χ1) is 6.92. The molecule has 1 aromatic rings. The van der Waals surface area contributed by atoms with Gasteiger partial charge < -0.3 is 5.73 Å². The Morgan fingerprint density at radius 1 is 1.47 bits per heavy atom. The third kappa shape index (κ3) is 1.52. The van der Waals surface area contributed by atoms with Crippen molar-refractivity contribution in [2.45, 2.75) is 32.1 Å². The highest BCUT2D eigenvalue weighted by Gasteiger charge is 2.31. The van der Waals surface area contributed by atoms with E-state index in [1.54, 1.807) is 6.07 Å². The maximum atomic E-state index is 13.5. The van der Waals surface area contributed by atoms with Crippen LogP contribution in [0.4, 0.5) is 4.39 Å². The molecular formula is C12H14FNO. The minimum atomic E-state index is -0.694. The number of halogens is 1. The average Bonchev–Trinajstić information content (AvgIpc) is 2.41. The quantitative estimate of drug-likeness (QED) is 0.753. The molecule has 1 aliphatic rings. The maximum absolute atomic E-state index is 13.5. The van der Waals surface area contributed by atoms with Gasteiger partial charge in [0.1, 0.15) is 5.82 Å². The predicted octanol–water partition coefficient (Wildman–Crippen LogP) is 2.15. The molecule has 80 valence electrons. The molecule has 0 bridgehead atoms. The van der Waals surface area contributed by atoms with E-state index in [9.17, 15) is 9.18 Å². The first kappa shape index (κ1) is 10.1. The summed E-state index contributed by atoms with van der Waals surface area (Å²) in [7, 11) is 0. The van der Waals surface area contributed by atoms with Crippen molar-refractivity contribution in [2.24, 2.45) is 5.73 Å². The van der Waals surface area contributed by atoms with Gasteiger partial charge in [-0.25, -0.2) is 4.39 Å². The minimum absolute atomic E-state index is 0.00597. The van der Waals surface area contributed by atoms with Crippen LogP contribution in [0.3, 0.4) is 0 Å². The SMILES string of the molecule is CC1(C)CCc2cc(C(N)=O)c(F)cc21. The van der Waals surface area contributed by atoms with Crippen molar-refractivity contribution in [1.82, 2.24) is 0 Å². The predicted molar refractivity (Wildman–Crippen MR) is 56.3 cm³/mol. The Hall–Kier alpha value is -1.38. The lowest BCUT2D eigenvalue weighted by Gasteiger charge is -2.19. The van der Waals surface area contributed by atoms with Crippen molar-refractivity contribution in [1.29, 1.82) is 0 Å². The van der Waals surface area contributed by atoms with E-state index < -0.39 is 11.7 Å². The summed E-state index contributed by atoms with van der Waals surface area (Å²) in [4.78, 5) is 11.0. The molecule has 1 amide bonds. The van der Waals surface area contributed by atoms with E-state index in [0.29, 0.717) is 0 Å². The zero-order chi connectivity index (χ0) is 11.2. The van der Waals surface area contributed by atoms with Crippen LogP contribution >= 0.6 is 0 Å². The van der Waals surface area contributed by atoms with Gasteiger partial charge in [0, 0.05) is 0 Å². The molecule has 1 aliphatic carbocycles. The molecule has 3 heteroatoms. The number of aryl methyl sites for hydroxylation is 1. The number of fused-ring (bicyclic) bond motifs is 1. The smallest absolute Gasteiger partial charge is 0.251 e. The summed E-state index contributed by atoms with van der Waals surface area (Å²) in [5.41, 5.74) is 7.17. The Kier molecular flexibility index (Phi) is 2.07. The number of carbonyl (C=O) groups is 1. The Bertz CT molecular complexity index is 437. The lowest BCUT2D eigenvalue weighted by Crippen LogP contribution is -2.16. The molecule has 0 spiro atoms. The van der Waals surface area contributed by atoms with Crippen LogP contribution in [0.5, 0.6) is 0 Å². The van der Waals surface area contributed by atoms with Gasteiger partial charge in [-0.2, -0.15) is 0 Å². The lowest BCUT2D eigenvalue weighted by molar-refractivity contribution is 0.0996. The largest absolute Gasteiger partial charge is 0.366 e. The number of rotatable bonds is 1. The molecule has 0 atom stereocenters. The van der Waals surface area contributed by atoms with E-state index in [1.165, 1.54) is 6.07 Å². The van der Waals surface area contributed by atoms with Gasteiger partial charge in [0.25, 0.3) is 5.91 Å². The normalized spacial score (nSPS) is 17.5. The second kappa shape index (κ2) is 3.05. The molecule has 15 heavy (non-hydrogen) atoms. The summed E-state index contributed by atoms with van der Waals surface area (Å²) in [5, 5.41) is 0. The number of benzene rings is 1. The highest BCUT2D eigenvalue weighted by Crippen LogP contribution is 2.39. The van der Waals surface area contributed by atoms with Crippen LogP contribution in [0.15, 0.2) is 12.1 Å². The van der Waals surface area contributed by atoms with Crippen molar-refractivity contribution < 1.29 is 9.18 Å². The van der Waals surface area contributed by atoms with E-state index in [4.69, 9.17) is 5.73 Å². The summed E-state index contributed by atoms with van der Waals surface area (Å²) >= 11 is 0. The van der Waals surface area contributed by atoms with Crippen molar-refractivity contribution in [3.05, 3.63) is 34.6 Å². The zero-order valence-electron chi connectivity index (χ0n) is 8.93. The molecule has 0 aromatic heterocycles. The Morgan fingerprint density at radius 2 is 2.13 bits per heavy atom. The van der Waals surface area contributed by atoms with E-state index in [1.807, 2.05) is 0 Å². The second-order valence-corrected chi connectivity index (χ2v) is 4.74. The van der Waals surface area contributed by atoms with Gasteiger partial charge in [-0.15, -0.1) is 0 Å². The van der Waals surface area contributed by atoms with Gasteiger partial charge in [-0.1, -0.05) is 13.8 Å². The molecule has 0 heterocycles. The van der Waals surface area contributed by atoms with Crippen LogP contribution in [0.2, 0.25) is 0 Å². The molecule has 2 N–H and O–H groups in total. The fourth-order valence-corrected chi connectivity index (χ4v) is 2.23. The van der Waals surface area contributed by atoms with E-state index in [2.05, 4.69) is 13.8 Å². The van der Waals surface area contributed by atoms with E-state index in [-0.39, 0.29) is 11.0 Å². The van der Waals surface area contributed by atoms with Crippen LogP contribution in [-0.4, -0.2) is 5.91 Å². The number of hydrogen-bond donors (Lipinski definition) is 1. The van der Waals surface area contributed by atoms with E-state index in [0.717, 1.165) is 24.0 Å². The monoisotopic (exact) mass is 207 g/mol. The first-order valence-corrected chi connectivity index (χ1v) is 5.04. The molecule has 0 saturated heterocycles. The van der Waals surface area contributed by atoms with Gasteiger partial charge >= 0.3 is 0 Å². The molecule has 1 aromatic carbocycles. The fraction of sp³-hybridized carbons (Fsp3) is 0.417. The number of amides is 1. The summed E-state index contributed by atoms with van der Waals surface area (Å²) in [6, 6.07) is 3.06. The van der Waals surface area contributed by atoms with Gasteiger partial charge in [-0.05, 0) is 41.5 Å². The van der Waals surface area contributed by atoms with Crippen molar-refractivity contribution in [2.75, 3.05) is 0 Å². The summed E-state index contributed by atoms with van der Waals surface area (Å²) < 4.78 is 13.5. The number of carbonyl (C=O) groups excluding carboxylic acids is 1. The van der Waals surface area contributed by atoms with Crippen LogP contribution in [-0.2, 0) is 11.8 Å². The second-order valence-electron chi connectivity index (χ2n) is 4.74. The minimum Gasteiger partial charge on any atom is -0.366 e. The summed E-state index contributed by atoms with van der Waals surface area (Å²) in [5.74, 6) is -1.20. The molecule has 0 radical (unpaired) electrons. The molecule has 2 nitrogen and oxygen atoms in total. The van der Waals surface area contributed by atoms with E-state index >= 15 is 0 Å². The third-order valence-electron chi connectivity index (χ3n) is 3.21. The summed E-state index contributed by atoms with van der Waals surface area (Å²) in [6.45, 7) is 4.17. The maximum Gasteiger partial charge on any atom is 0.251 e. The van der Waals surface area contributed by atoms with Gasteiger partial charge in [0.2, 0.25) is 0 Å². The lowest BCUT2D eigenvalue weighted by atomic mass is 9.86. The van der Waals surface area contributed by atoms with Crippen molar-refractivity contribution in [3.8, 4) is 0 Å². The molecule has 2 rings (SSSR count). The van der Waals surface area contributed by atoms with Crippen LogP contribution in [0.25, 0.3) is 0 Å². The summed E-state index contributed by atoms with van der Waals surface area (Å²) in [6.07, 6.45) is 1.88. The molecule has 0 unspecified atom stereocenters. The fourth-order valence-electron chi connectivity index (χ4n) is 2.23. The Balaban J connectivity index is 2.60. The Morgan fingerprint density at radius 3 is 2.73 bits per heavy atom. The first-order valence-electron chi connectivity index (χ1n) is 5.04.